The Morgan fingerprint density at radius 2 is 2.55 bits per heavy atom. The zero-order valence-electron chi connectivity index (χ0n) is 6.63. The average Bonchev–Trinajstić information content (AvgIpc) is 2.52. The summed E-state index contributed by atoms with van der Waals surface area (Å²) in [6, 6.07) is 0. The van der Waals surface area contributed by atoms with Gasteiger partial charge in [0.2, 0.25) is 0 Å². The van der Waals surface area contributed by atoms with Crippen LogP contribution in [0.5, 0.6) is 0 Å². The van der Waals surface area contributed by atoms with E-state index in [0.29, 0.717) is 6.54 Å². The van der Waals surface area contributed by atoms with Crippen molar-refractivity contribution in [1.29, 1.82) is 0 Å². The van der Waals surface area contributed by atoms with E-state index in [0.717, 1.165) is 17.9 Å². The Balaban J connectivity index is 2.66. The summed E-state index contributed by atoms with van der Waals surface area (Å²) in [5.41, 5.74) is 5.16. The van der Waals surface area contributed by atoms with Gasteiger partial charge in [0.1, 0.15) is 0 Å². The smallest absolute Gasteiger partial charge is 0.313 e. The molecule has 1 heterocycles. The molecule has 64 valence electrons. The van der Waals surface area contributed by atoms with Crippen molar-refractivity contribution >= 4 is 17.7 Å². The van der Waals surface area contributed by atoms with Crippen molar-refractivity contribution in [2.45, 2.75) is 6.42 Å². The van der Waals surface area contributed by atoms with Crippen LogP contribution in [0.25, 0.3) is 0 Å². The highest BCUT2D eigenvalue weighted by atomic mass is 32.2. The van der Waals surface area contributed by atoms with Gasteiger partial charge in [0, 0.05) is 12.3 Å². The van der Waals surface area contributed by atoms with E-state index in [-0.39, 0.29) is 11.4 Å². The van der Waals surface area contributed by atoms with Crippen molar-refractivity contribution in [3.63, 3.8) is 0 Å². The number of hydrogen-bond donors (Lipinski definition) is 1. The van der Waals surface area contributed by atoms with E-state index in [1.165, 1.54) is 7.11 Å². The monoisotopic (exact) mass is 175 g/mol. The molecule has 1 unspecified atom stereocenters. The average molecular weight is 175 g/mol. The van der Waals surface area contributed by atoms with Crippen molar-refractivity contribution in [2.75, 3.05) is 25.2 Å². The highest BCUT2D eigenvalue weighted by molar-refractivity contribution is 7.99. The van der Waals surface area contributed by atoms with Crippen molar-refractivity contribution in [3.8, 4) is 0 Å². The highest BCUT2D eigenvalue weighted by Crippen LogP contribution is 2.35. The minimum absolute atomic E-state index is 0.148. The topological polar surface area (TPSA) is 52.3 Å². The number of rotatable bonds is 2. The number of carbonyl (C=O) groups is 1. The van der Waals surface area contributed by atoms with Gasteiger partial charge in [-0.1, -0.05) is 0 Å². The van der Waals surface area contributed by atoms with Crippen LogP contribution in [0.4, 0.5) is 0 Å². The SMILES string of the molecule is COC(=O)C1(CN)CCSC1. The number of hydrogen-bond acceptors (Lipinski definition) is 4. The zero-order chi connectivity index (χ0) is 8.32. The number of esters is 1. The Morgan fingerprint density at radius 3 is 2.91 bits per heavy atom. The van der Waals surface area contributed by atoms with Gasteiger partial charge < -0.3 is 10.5 Å². The minimum Gasteiger partial charge on any atom is -0.469 e. The first-order chi connectivity index (χ1) is 5.25. The predicted octanol–water partition coefficient (Wildman–Crippen LogP) is 0.241. The first-order valence-electron chi connectivity index (χ1n) is 3.61. The molecular weight excluding hydrogens is 162 g/mol. The molecule has 0 aliphatic carbocycles. The second kappa shape index (κ2) is 3.45. The molecule has 1 fully saturated rings. The lowest BCUT2D eigenvalue weighted by molar-refractivity contribution is -0.150. The number of carbonyl (C=O) groups excluding carboxylic acids is 1. The Bertz CT molecular complexity index is 155. The third-order valence-electron chi connectivity index (χ3n) is 2.11. The zero-order valence-corrected chi connectivity index (χ0v) is 7.45. The molecule has 1 rings (SSSR count). The number of ether oxygens (including phenoxy) is 1. The molecule has 11 heavy (non-hydrogen) atoms. The number of thioether (sulfide) groups is 1. The van der Waals surface area contributed by atoms with E-state index in [1.54, 1.807) is 11.8 Å². The van der Waals surface area contributed by atoms with Gasteiger partial charge >= 0.3 is 5.97 Å². The van der Waals surface area contributed by atoms with E-state index in [4.69, 9.17) is 10.5 Å². The van der Waals surface area contributed by atoms with Crippen molar-refractivity contribution in [2.24, 2.45) is 11.1 Å². The molecule has 0 aromatic rings. The Morgan fingerprint density at radius 1 is 1.82 bits per heavy atom. The van der Waals surface area contributed by atoms with E-state index in [2.05, 4.69) is 0 Å². The van der Waals surface area contributed by atoms with Crippen LogP contribution in [-0.4, -0.2) is 31.1 Å². The fraction of sp³-hybridized carbons (Fsp3) is 0.857. The summed E-state index contributed by atoms with van der Waals surface area (Å²) < 4.78 is 4.70. The molecule has 4 heteroatoms. The predicted molar refractivity (Wildman–Crippen MR) is 45.4 cm³/mol. The van der Waals surface area contributed by atoms with Crippen LogP contribution in [0.15, 0.2) is 0 Å². The van der Waals surface area contributed by atoms with Gasteiger partial charge in [0.25, 0.3) is 0 Å². The van der Waals surface area contributed by atoms with Crippen LogP contribution in [0, 0.1) is 5.41 Å². The third kappa shape index (κ3) is 1.51. The third-order valence-corrected chi connectivity index (χ3v) is 3.36. The molecule has 0 spiro atoms. The first kappa shape index (κ1) is 8.87. The number of nitrogens with two attached hydrogens (primary N) is 1. The fourth-order valence-corrected chi connectivity index (χ4v) is 2.68. The molecule has 0 amide bonds. The van der Waals surface area contributed by atoms with Crippen LogP contribution in [-0.2, 0) is 9.53 Å². The molecule has 2 N–H and O–H groups in total. The van der Waals surface area contributed by atoms with Crippen molar-refractivity contribution in [1.82, 2.24) is 0 Å². The van der Waals surface area contributed by atoms with Crippen molar-refractivity contribution in [3.05, 3.63) is 0 Å². The summed E-state index contributed by atoms with van der Waals surface area (Å²) in [6.45, 7) is 0.409. The summed E-state index contributed by atoms with van der Waals surface area (Å²) in [7, 11) is 1.42. The molecule has 0 bridgehead atoms. The van der Waals surface area contributed by atoms with Crippen LogP contribution in [0.3, 0.4) is 0 Å². The molecule has 0 saturated carbocycles. The lowest BCUT2D eigenvalue weighted by atomic mass is 9.88. The van der Waals surface area contributed by atoms with Crippen LogP contribution in [0.2, 0.25) is 0 Å². The van der Waals surface area contributed by atoms with E-state index < -0.39 is 0 Å². The quantitative estimate of drug-likeness (QED) is 0.611. The van der Waals surface area contributed by atoms with Crippen LogP contribution < -0.4 is 5.73 Å². The maximum atomic E-state index is 11.3. The van der Waals surface area contributed by atoms with E-state index in [1.807, 2.05) is 0 Å². The van der Waals surface area contributed by atoms with Crippen LogP contribution in [0.1, 0.15) is 6.42 Å². The van der Waals surface area contributed by atoms with Gasteiger partial charge in [-0.15, -0.1) is 0 Å². The molecule has 1 atom stereocenters. The largest absolute Gasteiger partial charge is 0.469 e. The van der Waals surface area contributed by atoms with Crippen LogP contribution >= 0.6 is 11.8 Å². The molecule has 1 aliphatic heterocycles. The summed E-state index contributed by atoms with van der Waals surface area (Å²) >= 11 is 1.77. The molecule has 1 saturated heterocycles. The molecule has 0 aromatic carbocycles. The maximum Gasteiger partial charge on any atom is 0.313 e. The minimum atomic E-state index is -0.376. The van der Waals surface area contributed by atoms with Gasteiger partial charge in [0.05, 0.1) is 12.5 Å². The second-order valence-electron chi connectivity index (χ2n) is 2.78. The summed E-state index contributed by atoms with van der Waals surface area (Å²) in [5, 5.41) is 0. The van der Waals surface area contributed by atoms with Gasteiger partial charge in [-0.25, -0.2) is 0 Å². The molecule has 3 nitrogen and oxygen atoms in total. The Labute approximate surface area is 70.7 Å². The molecule has 0 radical (unpaired) electrons. The van der Waals surface area contributed by atoms with Gasteiger partial charge in [-0.2, -0.15) is 11.8 Å². The van der Waals surface area contributed by atoms with E-state index >= 15 is 0 Å². The number of methoxy groups -OCH3 is 1. The highest BCUT2D eigenvalue weighted by Gasteiger charge is 2.41. The lowest BCUT2D eigenvalue weighted by Crippen LogP contribution is -2.39. The summed E-state index contributed by atoms with van der Waals surface area (Å²) in [4.78, 5) is 11.3. The van der Waals surface area contributed by atoms with Gasteiger partial charge in [-0.05, 0) is 12.2 Å². The lowest BCUT2D eigenvalue weighted by Gasteiger charge is -2.22. The molecule has 0 aromatic heterocycles. The summed E-state index contributed by atoms with van der Waals surface area (Å²) in [6.07, 6.45) is 0.862. The Kier molecular flexibility index (Phi) is 2.78. The summed E-state index contributed by atoms with van der Waals surface area (Å²) in [5.74, 6) is 1.69. The first-order valence-corrected chi connectivity index (χ1v) is 4.77. The normalized spacial score (nSPS) is 30.4. The maximum absolute atomic E-state index is 11.3. The second-order valence-corrected chi connectivity index (χ2v) is 3.88. The van der Waals surface area contributed by atoms with Gasteiger partial charge in [0.15, 0.2) is 0 Å². The van der Waals surface area contributed by atoms with E-state index in [9.17, 15) is 4.79 Å². The molecule has 1 aliphatic rings. The molecular formula is C7H13NO2S. The standard InChI is InChI=1S/C7H13NO2S/c1-10-6(9)7(4-8)2-3-11-5-7/h2-5,8H2,1H3. The van der Waals surface area contributed by atoms with Crippen molar-refractivity contribution < 1.29 is 9.53 Å². The van der Waals surface area contributed by atoms with Gasteiger partial charge in [-0.3, -0.25) is 4.79 Å². The fourth-order valence-electron chi connectivity index (χ4n) is 1.23. The Hall–Kier alpha value is -0.220.